The Morgan fingerprint density at radius 1 is 1.11 bits per heavy atom. The van der Waals surface area contributed by atoms with Gasteiger partial charge in [-0.2, -0.15) is 13.2 Å². The van der Waals surface area contributed by atoms with Gasteiger partial charge in [-0.3, -0.25) is 0 Å². The van der Waals surface area contributed by atoms with Crippen molar-refractivity contribution in [1.29, 1.82) is 0 Å². The minimum atomic E-state index is -4.43. The average Bonchev–Trinajstić information content (AvgIpc) is 2.31. The van der Waals surface area contributed by atoms with Crippen LogP contribution in [0.3, 0.4) is 0 Å². The van der Waals surface area contributed by atoms with Crippen LogP contribution in [0.4, 0.5) is 13.2 Å². The Balaban J connectivity index is 2.18. The summed E-state index contributed by atoms with van der Waals surface area (Å²) in [7, 11) is 0. The number of alkyl halides is 3. The first-order valence-corrected chi connectivity index (χ1v) is 5.99. The molecule has 1 saturated carbocycles. The van der Waals surface area contributed by atoms with Crippen molar-refractivity contribution in [2.24, 2.45) is 0 Å². The minimum absolute atomic E-state index is 0.198. The first-order valence-electron chi connectivity index (χ1n) is 5.99. The van der Waals surface area contributed by atoms with Crippen molar-refractivity contribution in [2.75, 3.05) is 0 Å². The molecule has 2 nitrogen and oxygen atoms in total. The molecule has 100 valence electrons. The molecule has 1 aromatic rings. The van der Waals surface area contributed by atoms with Crippen LogP contribution in [-0.2, 0) is 6.18 Å². The number of rotatable bonds is 2. The summed E-state index contributed by atoms with van der Waals surface area (Å²) in [6.07, 6.45) is -2.72. The van der Waals surface area contributed by atoms with Gasteiger partial charge in [0.15, 0.2) is 0 Å². The summed E-state index contributed by atoms with van der Waals surface area (Å²) in [5.74, 6) is -0.198. The van der Waals surface area contributed by atoms with Crippen LogP contribution in [0.5, 0.6) is 5.75 Å². The third kappa shape index (κ3) is 2.96. The molecule has 1 fully saturated rings. The molecule has 0 aliphatic heterocycles. The number of ether oxygens (including phenoxy) is 1. The number of aliphatic hydroxyl groups excluding tert-OH is 1. The largest absolute Gasteiger partial charge is 0.487 e. The summed E-state index contributed by atoms with van der Waals surface area (Å²) in [4.78, 5) is 0. The topological polar surface area (TPSA) is 29.5 Å². The van der Waals surface area contributed by atoms with Crippen LogP contribution in [0, 0.1) is 0 Å². The number of benzene rings is 1. The van der Waals surface area contributed by atoms with Crippen LogP contribution in [0.1, 0.15) is 31.2 Å². The van der Waals surface area contributed by atoms with E-state index < -0.39 is 23.9 Å². The van der Waals surface area contributed by atoms with Crippen LogP contribution in [0.15, 0.2) is 24.3 Å². The van der Waals surface area contributed by atoms with Crippen molar-refractivity contribution in [2.45, 2.75) is 44.1 Å². The number of aliphatic hydroxyl groups is 1. The number of hydrogen-bond acceptors (Lipinski definition) is 2. The van der Waals surface area contributed by atoms with E-state index in [-0.39, 0.29) is 5.75 Å². The molecule has 0 heterocycles. The molecule has 5 heteroatoms. The van der Waals surface area contributed by atoms with Gasteiger partial charge in [0, 0.05) is 0 Å². The molecule has 0 radical (unpaired) electrons. The maximum atomic E-state index is 12.8. The lowest BCUT2D eigenvalue weighted by Crippen LogP contribution is -2.35. The van der Waals surface area contributed by atoms with Crippen molar-refractivity contribution in [3.05, 3.63) is 29.8 Å². The standard InChI is InChI=1S/C13H15F3O2/c14-13(15,16)9-5-1-3-7-11(9)18-12-8-4-2-6-10(12)17/h1,3,5,7,10,12,17H,2,4,6,8H2. The molecule has 0 bridgehead atoms. The molecule has 1 aromatic carbocycles. The van der Waals surface area contributed by atoms with E-state index in [9.17, 15) is 18.3 Å². The monoisotopic (exact) mass is 260 g/mol. The van der Waals surface area contributed by atoms with Gasteiger partial charge in [0.25, 0.3) is 0 Å². The fourth-order valence-electron chi connectivity index (χ4n) is 2.18. The summed E-state index contributed by atoms with van der Waals surface area (Å²) in [5, 5.41) is 9.72. The molecule has 0 amide bonds. The highest BCUT2D eigenvalue weighted by atomic mass is 19.4. The molecule has 1 aliphatic carbocycles. The van der Waals surface area contributed by atoms with Gasteiger partial charge in [0.1, 0.15) is 11.9 Å². The van der Waals surface area contributed by atoms with Gasteiger partial charge in [0.05, 0.1) is 11.7 Å². The van der Waals surface area contributed by atoms with E-state index in [1.54, 1.807) is 0 Å². The van der Waals surface area contributed by atoms with Gasteiger partial charge in [-0.05, 0) is 31.4 Å². The highest BCUT2D eigenvalue weighted by Crippen LogP contribution is 2.37. The van der Waals surface area contributed by atoms with Crippen molar-refractivity contribution >= 4 is 0 Å². The van der Waals surface area contributed by atoms with Gasteiger partial charge >= 0.3 is 6.18 Å². The summed E-state index contributed by atoms with van der Waals surface area (Å²) in [6, 6.07) is 5.11. The second-order valence-electron chi connectivity index (χ2n) is 4.50. The van der Waals surface area contributed by atoms with Crippen LogP contribution in [-0.4, -0.2) is 17.3 Å². The molecule has 18 heavy (non-hydrogen) atoms. The highest BCUT2D eigenvalue weighted by molar-refractivity contribution is 5.35. The zero-order valence-electron chi connectivity index (χ0n) is 9.78. The predicted molar refractivity (Wildman–Crippen MR) is 60.3 cm³/mol. The van der Waals surface area contributed by atoms with Gasteiger partial charge in [-0.25, -0.2) is 0 Å². The van der Waals surface area contributed by atoms with E-state index in [0.29, 0.717) is 12.8 Å². The molecule has 2 unspecified atom stereocenters. The fraction of sp³-hybridized carbons (Fsp3) is 0.538. The zero-order valence-corrected chi connectivity index (χ0v) is 9.78. The molecule has 0 aromatic heterocycles. The Hall–Kier alpha value is -1.23. The van der Waals surface area contributed by atoms with Crippen molar-refractivity contribution < 1.29 is 23.0 Å². The SMILES string of the molecule is OC1CCCCC1Oc1ccccc1C(F)(F)F. The van der Waals surface area contributed by atoms with Crippen molar-refractivity contribution in [3.8, 4) is 5.75 Å². The quantitative estimate of drug-likeness (QED) is 0.883. The van der Waals surface area contributed by atoms with E-state index in [1.807, 2.05) is 0 Å². The Bertz CT molecular complexity index is 403. The number of hydrogen-bond donors (Lipinski definition) is 1. The summed E-state index contributed by atoms with van der Waals surface area (Å²) < 4.78 is 43.6. The van der Waals surface area contributed by atoms with Gasteiger partial charge < -0.3 is 9.84 Å². The third-order valence-electron chi connectivity index (χ3n) is 3.14. The Morgan fingerprint density at radius 3 is 2.44 bits per heavy atom. The molecular weight excluding hydrogens is 245 g/mol. The van der Waals surface area contributed by atoms with Crippen molar-refractivity contribution in [1.82, 2.24) is 0 Å². The Kier molecular flexibility index (Phi) is 3.80. The van der Waals surface area contributed by atoms with Crippen LogP contribution < -0.4 is 4.74 Å². The van der Waals surface area contributed by atoms with Crippen molar-refractivity contribution in [3.63, 3.8) is 0 Å². The Morgan fingerprint density at radius 2 is 1.78 bits per heavy atom. The van der Waals surface area contributed by atoms with Crippen LogP contribution >= 0.6 is 0 Å². The van der Waals surface area contributed by atoms with Crippen LogP contribution in [0.2, 0.25) is 0 Å². The molecule has 0 saturated heterocycles. The predicted octanol–water partition coefficient (Wildman–Crippen LogP) is 3.39. The highest BCUT2D eigenvalue weighted by Gasteiger charge is 2.35. The molecule has 0 spiro atoms. The zero-order chi connectivity index (χ0) is 13.2. The molecule has 2 atom stereocenters. The second kappa shape index (κ2) is 5.18. The average molecular weight is 260 g/mol. The lowest BCUT2D eigenvalue weighted by atomic mass is 9.95. The molecule has 1 aliphatic rings. The number of para-hydroxylation sites is 1. The maximum absolute atomic E-state index is 12.8. The second-order valence-corrected chi connectivity index (χ2v) is 4.50. The van der Waals surface area contributed by atoms with Crippen LogP contribution in [0.25, 0.3) is 0 Å². The molecule has 1 N–H and O–H groups in total. The Labute approximate surface area is 103 Å². The van der Waals surface area contributed by atoms with Gasteiger partial charge in [-0.1, -0.05) is 18.6 Å². The van der Waals surface area contributed by atoms with E-state index in [0.717, 1.165) is 18.9 Å². The van der Waals surface area contributed by atoms with E-state index in [2.05, 4.69) is 0 Å². The minimum Gasteiger partial charge on any atom is -0.487 e. The summed E-state index contributed by atoms with van der Waals surface area (Å²) >= 11 is 0. The summed E-state index contributed by atoms with van der Waals surface area (Å²) in [5.41, 5.74) is -0.789. The number of halogens is 3. The lowest BCUT2D eigenvalue weighted by molar-refractivity contribution is -0.140. The fourth-order valence-corrected chi connectivity index (χ4v) is 2.18. The molecular formula is C13H15F3O2. The van der Waals surface area contributed by atoms with E-state index >= 15 is 0 Å². The maximum Gasteiger partial charge on any atom is 0.419 e. The van der Waals surface area contributed by atoms with E-state index in [4.69, 9.17) is 4.74 Å². The summed E-state index contributed by atoms with van der Waals surface area (Å²) in [6.45, 7) is 0. The lowest BCUT2D eigenvalue weighted by Gasteiger charge is -2.29. The first-order chi connectivity index (χ1) is 8.48. The normalized spacial score (nSPS) is 24.9. The smallest absolute Gasteiger partial charge is 0.419 e. The third-order valence-corrected chi connectivity index (χ3v) is 3.14. The van der Waals surface area contributed by atoms with E-state index in [1.165, 1.54) is 18.2 Å². The van der Waals surface area contributed by atoms with Gasteiger partial charge in [0.2, 0.25) is 0 Å². The molecule has 2 rings (SSSR count). The van der Waals surface area contributed by atoms with Gasteiger partial charge in [-0.15, -0.1) is 0 Å². The first kappa shape index (κ1) is 13.2.